The molecule has 0 atom stereocenters. The number of amides is 1. The largest absolute Gasteiger partial charge is 0.360 e. The molecule has 2 aromatic carbocycles. The third kappa shape index (κ3) is 4.02. The quantitative estimate of drug-likeness (QED) is 0.267. The number of nitrogens with zero attached hydrogens (tertiary/aromatic N) is 3. The number of rotatable bonds is 5. The fourth-order valence-corrected chi connectivity index (χ4v) is 2.44. The number of hydrogen-bond donors (Lipinski definition) is 3. The van der Waals surface area contributed by atoms with Gasteiger partial charge in [-0.05, 0) is 30.3 Å². The summed E-state index contributed by atoms with van der Waals surface area (Å²) in [5, 5.41) is 25.4. The summed E-state index contributed by atoms with van der Waals surface area (Å²) in [5.41, 5.74) is 1.82. The van der Waals surface area contributed by atoms with Gasteiger partial charge in [-0.3, -0.25) is 14.9 Å². The number of benzene rings is 2. The SMILES string of the molecule is N#C/C(=C/Nc1ccc2nc[nH]c2c1)C(=O)Nc1ccc(Cl)c([N+](=O)[O-])c1. The van der Waals surface area contributed by atoms with E-state index < -0.39 is 10.8 Å². The highest BCUT2D eigenvalue weighted by Gasteiger charge is 2.15. The second-order valence-electron chi connectivity index (χ2n) is 5.33. The van der Waals surface area contributed by atoms with Gasteiger partial charge < -0.3 is 15.6 Å². The summed E-state index contributed by atoms with van der Waals surface area (Å²) in [5.74, 6) is -0.718. The maximum atomic E-state index is 12.2. The molecule has 1 amide bonds. The minimum Gasteiger partial charge on any atom is -0.360 e. The molecular weight excluding hydrogens is 372 g/mol. The first-order chi connectivity index (χ1) is 13.0. The number of fused-ring (bicyclic) bond motifs is 1. The van der Waals surface area contributed by atoms with Gasteiger partial charge in [0.2, 0.25) is 0 Å². The Balaban J connectivity index is 1.75. The number of nitriles is 1. The maximum absolute atomic E-state index is 12.2. The number of aromatic amines is 1. The lowest BCUT2D eigenvalue weighted by Crippen LogP contribution is -2.14. The van der Waals surface area contributed by atoms with Gasteiger partial charge in [-0.15, -0.1) is 0 Å². The summed E-state index contributed by atoms with van der Waals surface area (Å²) >= 11 is 5.73. The van der Waals surface area contributed by atoms with Crippen molar-refractivity contribution >= 4 is 45.6 Å². The van der Waals surface area contributed by atoms with Gasteiger partial charge in [-0.25, -0.2) is 4.98 Å². The molecule has 0 unspecified atom stereocenters. The van der Waals surface area contributed by atoms with Crippen molar-refractivity contribution in [1.82, 2.24) is 9.97 Å². The monoisotopic (exact) mass is 382 g/mol. The molecule has 1 heterocycles. The third-order valence-corrected chi connectivity index (χ3v) is 3.89. The van der Waals surface area contributed by atoms with E-state index in [4.69, 9.17) is 11.6 Å². The molecule has 1 aromatic heterocycles. The van der Waals surface area contributed by atoms with Crippen molar-refractivity contribution in [3.63, 3.8) is 0 Å². The first-order valence-corrected chi connectivity index (χ1v) is 7.91. The van der Waals surface area contributed by atoms with Crippen LogP contribution in [0.5, 0.6) is 0 Å². The van der Waals surface area contributed by atoms with Gasteiger partial charge in [0, 0.05) is 23.6 Å². The van der Waals surface area contributed by atoms with Crippen LogP contribution in [0.3, 0.4) is 0 Å². The van der Waals surface area contributed by atoms with Gasteiger partial charge in [0.1, 0.15) is 16.7 Å². The number of nitrogens with one attached hydrogen (secondary N) is 3. The Hall–Kier alpha value is -3.90. The minimum absolute atomic E-state index is 0.0510. The van der Waals surface area contributed by atoms with Crippen molar-refractivity contribution in [3.8, 4) is 6.07 Å². The van der Waals surface area contributed by atoms with Crippen molar-refractivity contribution < 1.29 is 9.72 Å². The first-order valence-electron chi connectivity index (χ1n) is 7.53. The van der Waals surface area contributed by atoms with Gasteiger partial charge >= 0.3 is 0 Å². The lowest BCUT2D eigenvalue weighted by atomic mass is 10.2. The van der Waals surface area contributed by atoms with Gasteiger partial charge in [0.25, 0.3) is 11.6 Å². The van der Waals surface area contributed by atoms with Gasteiger partial charge in [0.05, 0.1) is 22.3 Å². The van der Waals surface area contributed by atoms with Crippen molar-refractivity contribution in [2.45, 2.75) is 0 Å². The third-order valence-electron chi connectivity index (χ3n) is 3.57. The van der Waals surface area contributed by atoms with Crippen LogP contribution in [0.1, 0.15) is 0 Å². The molecule has 0 fully saturated rings. The molecule has 10 heteroatoms. The van der Waals surface area contributed by atoms with Crippen LogP contribution in [0.4, 0.5) is 17.1 Å². The molecule has 0 bridgehead atoms. The van der Waals surface area contributed by atoms with E-state index in [2.05, 4.69) is 20.6 Å². The molecule has 0 radical (unpaired) electrons. The summed E-state index contributed by atoms with van der Waals surface area (Å²) in [7, 11) is 0. The van der Waals surface area contributed by atoms with Crippen LogP contribution < -0.4 is 10.6 Å². The van der Waals surface area contributed by atoms with E-state index in [9.17, 15) is 20.2 Å². The number of anilines is 2. The number of imidazole rings is 1. The lowest BCUT2D eigenvalue weighted by molar-refractivity contribution is -0.384. The molecule has 134 valence electrons. The molecule has 9 nitrogen and oxygen atoms in total. The van der Waals surface area contributed by atoms with Crippen molar-refractivity contribution in [1.29, 1.82) is 5.26 Å². The Bertz CT molecular complexity index is 1120. The molecule has 3 aromatic rings. The van der Waals surface area contributed by atoms with Gasteiger partial charge in [-0.2, -0.15) is 5.26 Å². The highest BCUT2D eigenvalue weighted by atomic mass is 35.5. The molecular formula is C17H11ClN6O3. The van der Waals surface area contributed by atoms with Crippen LogP contribution in [-0.4, -0.2) is 20.8 Å². The van der Waals surface area contributed by atoms with Crippen LogP contribution in [0.15, 0.2) is 54.5 Å². The standard InChI is InChI=1S/C17H11ClN6O3/c18-13-3-1-12(6-16(13)24(26)27)23-17(25)10(7-19)8-20-11-2-4-14-15(5-11)22-9-21-14/h1-6,8-9,20H,(H,21,22)(H,23,25)/b10-8-. The zero-order chi connectivity index (χ0) is 19.4. The van der Waals surface area contributed by atoms with Crippen LogP contribution in [-0.2, 0) is 4.79 Å². The second-order valence-corrected chi connectivity index (χ2v) is 5.73. The van der Waals surface area contributed by atoms with Crippen LogP contribution >= 0.6 is 11.6 Å². The topological polar surface area (TPSA) is 137 Å². The smallest absolute Gasteiger partial charge is 0.289 e. The summed E-state index contributed by atoms with van der Waals surface area (Å²) in [6.45, 7) is 0. The van der Waals surface area contributed by atoms with Crippen LogP contribution in [0.2, 0.25) is 5.02 Å². The van der Waals surface area contributed by atoms with E-state index in [1.165, 1.54) is 18.3 Å². The lowest BCUT2D eigenvalue weighted by Gasteiger charge is -2.06. The van der Waals surface area contributed by atoms with Crippen molar-refractivity contribution in [2.24, 2.45) is 0 Å². The summed E-state index contributed by atoms with van der Waals surface area (Å²) in [6.07, 6.45) is 2.81. The highest BCUT2D eigenvalue weighted by Crippen LogP contribution is 2.27. The molecule has 0 aliphatic carbocycles. The molecule has 27 heavy (non-hydrogen) atoms. The number of halogens is 1. The van der Waals surface area contributed by atoms with E-state index in [0.29, 0.717) is 5.69 Å². The molecule has 0 saturated heterocycles. The Morgan fingerprint density at radius 3 is 2.81 bits per heavy atom. The van der Waals surface area contributed by atoms with Crippen molar-refractivity contribution in [2.75, 3.05) is 10.6 Å². The van der Waals surface area contributed by atoms with E-state index in [-0.39, 0.29) is 22.0 Å². The van der Waals surface area contributed by atoms with E-state index in [1.54, 1.807) is 30.6 Å². The van der Waals surface area contributed by atoms with Gasteiger partial charge in [0.15, 0.2) is 0 Å². The molecule has 0 aliphatic rings. The number of H-pyrrole nitrogens is 1. The predicted octanol–water partition coefficient (Wildman–Crippen LogP) is 3.58. The van der Waals surface area contributed by atoms with E-state index >= 15 is 0 Å². The first kappa shape index (κ1) is 17.9. The average Bonchev–Trinajstić information content (AvgIpc) is 3.11. The summed E-state index contributed by atoms with van der Waals surface area (Å²) < 4.78 is 0. The number of carbonyl (C=O) groups is 1. The molecule has 0 aliphatic heterocycles. The maximum Gasteiger partial charge on any atom is 0.289 e. The second kappa shape index (κ2) is 7.55. The average molecular weight is 383 g/mol. The molecule has 0 saturated carbocycles. The molecule has 3 N–H and O–H groups in total. The zero-order valence-electron chi connectivity index (χ0n) is 13.6. The summed E-state index contributed by atoms with van der Waals surface area (Å²) in [6, 6.07) is 10.9. The van der Waals surface area contributed by atoms with Crippen LogP contribution in [0, 0.1) is 21.4 Å². The fourth-order valence-electron chi connectivity index (χ4n) is 2.26. The Kier molecular flexibility index (Phi) is 5.01. The highest BCUT2D eigenvalue weighted by molar-refractivity contribution is 6.32. The Morgan fingerprint density at radius 2 is 2.07 bits per heavy atom. The summed E-state index contributed by atoms with van der Waals surface area (Å²) in [4.78, 5) is 29.5. The molecule has 3 rings (SSSR count). The number of carbonyl (C=O) groups excluding carboxylic acids is 1. The Morgan fingerprint density at radius 1 is 1.30 bits per heavy atom. The molecule has 0 spiro atoms. The van der Waals surface area contributed by atoms with E-state index in [1.807, 2.05) is 0 Å². The minimum atomic E-state index is -0.718. The normalized spacial score (nSPS) is 11.0. The number of nitro groups is 1. The number of nitro benzene ring substituents is 1. The van der Waals surface area contributed by atoms with Crippen LogP contribution in [0.25, 0.3) is 11.0 Å². The van der Waals surface area contributed by atoms with Crippen molar-refractivity contribution in [3.05, 3.63) is 69.6 Å². The zero-order valence-corrected chi connectivity index (χ0v) is 14.3. The Labute approximate surface area is 157 Å². The number of hydrogen-bond acceptors (Lipinski definition) is 6. The fraction of sp³-hybridized carbons (Fsp3) is 0. The predicted molar refractivity (Wildman–Crippen MR) is 100 cm³/mol. The van der Waals surface area contributed by atoms with Gasteiger partial charge in [-0.1, -0.05) is 11.6 Å². The number of aromatic nitrogens is 2. The van der Waals surface area contributed by atoms with E-state index in [0.717, 1.165) is 17.1 Å².